The third-order valence-corrected chi connectivity index (χ3v) is 2.74. The molecular weight excluding hydrogens is 216 g/mol. The minimum atomic E-state index is 0.279. The summed E-state index contributed by atoms with van der Waals surface area (Å²) in [5, 5.41) is 3.41. The molecule has 0 amide bonds. The predicted molar refractivity (Wildman–Crippen MR) is 69.6 cm³/mol. The molecule has 0 spiro atoms. The lowest BCUT2D eigenvalue weighted by Crippen LogP contribution is -2.21. The molecule has 0 aromatic heterocycles. The molecule has 1 atom stereocenters. The van der Waals surface area contributed by atoms with Gasteiger partial charge in [0.15, 0.2) is 11.5 Å². The number of methoxy groups -OCH3 is 2. The Morgan fingerprint density at radius 2 is 1.94 bits per heavy atom. The molecule has 0 radical (unpaired) electrons. The van der Waals surface area contributed by atoms with Gasteiger partial charge in [-0.2, -0.15) is 0 Å². The van der Waals surface area contributed by atoms with Crippen molar-refractivity contribution >= 4 is 0 Å². The summed E-state index contributed by atoms with van der Waals surface area (Å²) in [6.07, 6.45) is 0.984. The van der Waals surface area contributed by atoms with Crippen molar-refractivity contribution in [3.05, 3.63) is 23.8 Å². The van der Waals surface area contributed by atoms with Crippen molar-refractivity contribution in [1.82, 2.24) is 5.32 Å². The molecule has 1 unspecified atom stereocenters. The van der Waals surface area contributed by atoms with E-state index in [1.54, 1.807) is 14.2 Å². The average molecular weight is 238 g/mol. The van der Waals surface area contributed by atoms with E-state index in [1.807, 2.05) is 18.2 Å². The summed E-state index contributed by atoms with van der Waals surface area (Å²) >= 11 is 0. The van der Waals surface area contributed by atoms with Gasteiger partial charge in [-0.25, -0.2) is 0 Å². The highest BCUT2D eigenvalue weighted by atomic mass is 16.5. The highest BCUT2D eigenvalue weighted by Crippen LogP contribution is 2.29. The zero-order valence-electron chi connectivity index (χ0n) is 10.8. The van der Waals surface area contributed by atoms with Gasteiger partial charge in [-0.1, -0.05) is 6.07 Å². The van der Waals surface area contributed by atoms with E-state index in [-0.39, 0.29) is 6.04 Å². The summed E-state index contributed by atoms with van der Waals surface area (Å²) in [6, 6.07) is 6.25. The molecule has 3 N–H and O–H groups in total. The van der Waals surface area contributed by atoms with Crippen molar-refractivity contribution in [2.45, 2.75) is 19.4 Å². The first-order chi connectivity index (χ1) is 8.22. The fourth-order valence-electron chi connectivity index (χ4n) is 1.66. The third-order valence-electron chi connectivity index (χ3n) is 2.74. The van der Waals surface area contributed by atoms with E-state index in [0.29, 0.717) is 6.54 Å². The molecule has 17 heavy (non-hydrogen) atoms. The third kappa shape index (κ3) is 3.91. The maximum Gasteiger partial charge on any atom is 0.161 e. The number of ether oxygens (including phenoxy) is 2. The number of nitrogens with two attached hydrogens (primary N) is 1. The topological polar surface area (TPSA) is 56.5 Å². The maximum atomic E-state index is 5.46. The molecular formula is C13H22N2O2. The molecule has 0 saturated heterocycles. The van der Waals surface area contributed by atoms with Crippen LogP contribution in [0, 0.1) is 0 Å². The van der Waals surface area contributed by atoms with Gasteiger partial charge in [0.25, 0.3) is 0 Å². The monoisotopic (exact) mass is 238 g/mol. The number of benzene rings is 1. The van der Waals surface area contributed by atoms with Crippen LogP contribution in [0.15, 0.2) is 18.2 Å². The molecule has 1 aromatic rings. The molecule has 0 fully saturated rings. The van der Waals surface area contributed by atoms with Crippen molar-refractivity contribution < 1.29 is 9.47 Å². The van der Waals surface area contributed by atoms with Crippen LogP contribution in [-0.4, -0.2) is 27.3 Å². The van der Waals surface area contributed by atoms with Crippen LogP contribution in [-0.2, 0) is 0 Å². The summed E-state index contributed by atoms with van der Waals surface area (Å²) in [6.45, 7) is 3.76. The molecule has 1 aromatic carbocycles. The fraction of sp³-hybridized carbons (Fsp3) is 0.538. The van der Waals surface area contributed by atoms with Gasteiger partial charge in [0, 0.05) is 6.04 Å². The van der Waals surface area contributed by atoms with E-state index in [4.69, 9.17) is 15.2 Å². The van der Waals surface area contributed by atoms with Gasteiger partial charge in [0.1, 0.15) is 0 Å². The van der Waals surface area contributed by atoms with Gasteiger partial charge in [-0.15, -0.1) is 0 Å². The molecule has 0 aliphatic heterocycles. The SMILES string of the molecule is COc1ccc(C(C)NCCCN)cc1OC. The minimum absolute atomic E-state index is 0.279. The van der Waals surface area contributed by atoms with Gasteiger partial charge in [0.05, 0.1) is 14.2 Å². The quantitative estimate of drug-likeness (QED) is 0.710. The van der Waals surface area contributed by atoms with Crippen molar-refractivity contribution in [3.63, 3.8) is 0 Å². The van der Waals surface area contributed by atoms with E-state index in [0.717, 1.165) is 24.5 Å². The van der Waals surface area contributed by atoms with Crippen LogP contribution < -0.4 is 20.5 Å². The fourth-order valence-corrected chi connectivity index (χ4v) is 1.66. The second-order valence-electron chi connectivity index (χ2n) is 3.93. The van der Waals surface area contributed by atoms with Gasteiger partial charge in [-0.05, 0) is 44.1 Å². The first kappa shape index (κ1) is 13.8. The second-order valence-corrected chi connectivity index (χ2v) is 3.93. The van der Waals surface area contributed by atoms with Crippen LogP contribution in [0.3, 0.4) is 0 Å². The minimum Gasteiger partial charge on any atom is -0.493 e. The zero-order chi connectivity index (χ0) is 12.7. The second kappa shape index (κ2) is 7.14. The Kier molecular flexibility index (Phi) is 5.80. The highest BCUT2D eigenvalue weighted by Gasteiger charge is 2.09. The van der Waals surface area contributed by atoms with E-state index in [9.17, 15) is 0 Å². The maximum absolute atomic E-state index is 5.46. The van der Waals surface area contributed by atoms with Crippen molar-refractivity contribution in [3.8, 4) is 11.5 Å². The number of nitrogens with one attached hydrogen (secondary N) is 1. The molecule has 0 bridgehead atoms. The summed E-state index contributed by atoms with van der Waals surface area (Å²) < 4.78 is 10.5. The molecule has 4 heteroatoms. The van der Waals surface area contributed by atoms with E-state index in [2.05, 4.69) is 12.2 Å². The summed E-state index contributed by atoms with van der Waals surface area (Å²) in [4.78, 5) is 0. The van der Waals surface area contributed by atoms with Crippen LogP contribution >= 0.6 is 0 Å². The Bertz CT molecular complexity index is 342. The predicted octanol–water partition coefficient (Wildman–Crippen LogP) is 1.70. The number of rotatable bonds is 7. The smallest absolute Gasteiger partial charge is 0.161 e. The molecule has 0 aliphatic rings. The molecule has 4 nitrogen and oxygen atoms in total. The Labute approximate surface area is 103 Å². The van der Waals surface area contributed by atoms with Crippen LogP contribution in [0.1, 0.15) is 24.9 Å². The van der Waals surface area contributed by atoms with Gasteiger partial charge < -0.3 is 20.5 Å². The van der Waals surface area contributed by atoms with Crippen LogP contribution in [0.2, 0.25) is 0 Å². The molecule has 96 valence electrons. The van der Waals surface area contributed by atoms with Gasteiger partial charge >= 0.3 is 0 Å². The zero-order valence-corrected chi connectivity index (χ0v) is 10.8. The first-order valence-corrected chi connectivity index (χ1v) is 5.88. The van der Waals surface area contributed by atoms with E-state index >= 15 is 0 Å². The first-order valence-electron chi connectivity index (χ1n) is 5.88. The Balaban J connectivity index is 2.70. The lowest BCUT2D eigenvalue weighted by Gasteiger charge is -2.16. The van der Waals surface area contributed by atoms with E-state index < -0.39 is 0 Å². The largest absolute Gasteiger partial charge is 0.493 e. The Morgan fingerprint density at radius 3 is 2.53 bits per heavy atom. The van der Waals surface area contributed by atoms with Crippen molar-refractivity contribution in [2.75, 3.05) is 27.3 Å². The number of hydrogen-bond acceptors (Lipinski definition) is 4. The average Bonchev–Trinajstić information content (AvgIpc) is 2.38. The van der Waals surface area contributed by atoms with E-state index in [1.165, 1.54) is 5.56 Å². The van der Waals surface area contributed by atoms with Crippen LogP contribution in [0.4, 0.5) is 0 Å². The lowest BCUT2D eigenvalue weighted by molar-refractivity contribution is 0.354. The summed E-state index contributed by atoms with van der Waals surface area (Å²) in [5.41, 5.74) is 6.64. The molecule has 0 heterocycles. The number of hydrogen-bond donors (Lipinski definition) is 2. The van der Waals surface area contributed by atoms with Crippen molar-refractivity contribution in [2.24, 2.45) is 5.73 Å². The normalized spacial score (nSPS) is 12.2. The standard InChI is InChI=1S/C13H22N2O2/c1-10(15-8-4-7-14)11-5-6-12(16-2)13(9-11)17-3/h5-6,9-10,15H,4,7-8,14H2,1-3H3. The van der Waals surface area contributed by atoms with Crippen molar-refractivity contribution in [1.29, 1.82) is 0 Å². The lowest BCUT2D eigenvalue weighted by atomic mass is 10.1. The summed E-state index contributed by atoms with van der Waals surface area (Å²) in [5.74, 6) is 1.52. The molecule has 0 saturated carbocycles. The Hall–Kier alpha value is -1.26. The highest BCUT2D eigenvalue weighted by molar-refractivity contribution is 5.43. The van der Waals surface area contributed by atoms with Crippen LogP contribution in [0.25, 0.3) is 0 Å². The van der Waals surface area contributed by atoms with Crippen LogP contribution in [0.5, 0.6) is 11.5 Å². The Morgan fingerprint density at radius 1 is 1.24 bits per heavy atom. The van der Waals surface area contributed by atoms with Gasteiger partial charge in [-0.3, -0.25) is 0 Å². The molecule has 0 aliphatic carbocycles. The summed E-state index contributed by atoms with van der Waals surface area (Å²) in [7, 11) is 3.29. The molecule has 1 rings (SSSR count). The van der Waals surface area contributed by atoms with Gasteiger partial charge in [0.2, 0.25) is 0 Å².